The Morgan fingerprint density at radius 3 is 2.59 bits per heavy atom. The highest BCUT2D eigenvalue weighted by Crippen LogP contribution is 2.19. The third-order valence-electron chi connectivity index (χ3n) is 3.90. The Balaban J connectivity index is 1.62. The molecule has 3 rings (SSSR count). The van der Waals surface area contributed by atoms with Crippen LogP contribution in [0.1, 0.15) is 29.6 Å². The van der Waals surface area contributed by atoms with Gasteiger partial charge in [0.1, 0.15) is 11.8 Å². The second-order valence-electron chi connectivity index (χ2n) is 5.84. The van der Waals surface area contributed by atoms with Crippen molar-refractivity contribution in [3.05, 3.63) is 77.3 Å². The summed E-state index contributed by atoms with van der Waals surface area (Å²) in [5.74, 6) is 1.63. The fourth-order valence-corrected chi connectivity index (χ4v) is 2.58. The van der Waals surface area contributed by atoms with Crippen LogP contribution in [0, 0.1) is 11.3 Å². The summed E-state index contributed by atoms with van der Waals surface area (Å²) in [4.78, 5) is 4.21. The number of oxazole rings is 1. The molecule has 0 fully saturated rings. The zero-order valence-electron chi connectivity index (χ0n) is 15.2. The summed E-state index contributed by atoms with van der Waals surface area (Å²) in [5.41, 5.74) is 2.47. The topological polar surface area (TPSA) is 71.1 Å². The van der Waals surface area contributed by atoms with Gasteiger partial charge >= 0.3 is 0 Å². The Labute approximate surface area is 158 Å². The van der Waals surface area contributed by atoms with Gasteiger partial charge in [-0.2, -0.15) is 10.2 Å². The van der Waals surface area contributed by atoms with E-state index < -0.39 is 0 Å². The van der Waals surface area contributed by atoms with E-state index in [4.69, 9.17) is 9.15 Å². The number of rotatable bonds is 8. The van der Waals surface area contributed by atoms with Gasteiger partial charge in [0.25, 0.3) is 0 Å². The quantitative estimate of drug-likeness (QED) is 0.627. The largest absolute Gasteiger partial charge is 0.494 e. The van der Waals surface area contributed by atoms with Gasteiger partial charge in [-0.3, -0.25) is 0 Å². The lowest BCUT2D eigenvalue weighted by molar-refractivity contribution is 0.340. The molecule has 5 heteroatoms. The third-order valence-corrected chi connectivity index (χ3v) is 3.90. The summed E-state index contributed by atoms with van der Waals surface area (Å²) in [6.45, 7) is 3.26. The number of hydrogen-bond acceptors (Lipinski definition) is 5. The molecule has 0 saturated heterocycles. The minimum atomic E-state index is 0.259. The van der Waals surface area contributed by atoms with Crippen LogP contribution in [-0.4, -0.2) is 18.1 Å². The molecule has 0 aliphatic heterocycles. The second-order valence-corrected chi connectivity index (χ2v) is 5.84. The Morgan fingerprint density at radius 1 is 1.11 bits per heavy atom. The maximum atomic E-state index is 9.26. The first-order chi connectivity index (χ1) is 13.3. The molecule has 0 radical (unpaired) electrons. The van der Waals surface area contributed by atoms with Crippen molar-refractivity contribution in [3.8, 4) is 11.8 Å². The first kappa shape index (κ1) is 18.3. The molecule has 1 N–H and O–H groups in total. The van der Waals surface area contributed by atoms with Gasteiger partial charge in [0.05, 0.1) is 6.61 Å². The zero-order chi connectivity index (χ0) is 18.9. The van der Waals surface area contributed by atoms with Gasteiger partial charge in [-0.25, -0.2) is 0 Å². The molecule has 136 valence electrons. The smallest absolute Gasteiger partial charge is 0.232 e. The maximum absolute atomic E-state index is 9.26. The standard InChI is InChI=1S/C22H21N3O2/c1-2-26-19-11-8-18(9-12-19)10-13-21-25-20(16-23)22(27-21)24-15-14-17-6-4-3-5-7-17/h3-13,24H,2,14-15H2,1H3/b13-10+. The Kier molecular flexibility index (Phi) is 6.26. The van der Waals surface area contributed by atoms with Crippen molar-refractivity contribution in [3.63, 3.8) is 0 Å². The normalized spacial score (nSPS) is 10.7. The van der Waals surface area contributed by atoms with Gasteiger partial charge < -0.3 is 14.5 Å². The molecule has 0 amide bonds. The van der Waals surface area contributed by atoms with Crippen molar-refractivity contribution in [1.82, 2.24) is 4.98 Å². The Hall–Kier alpha value is -3.52. The molecule has 0 aliphatic rings. The molecule has 2 aromatic carbocycles. The van der Waals surface area contributed by atoms with E-state index >= 15 is 0 Å². The molecule has 5 nitrogen and oxygen atoms in total. The number of anilines is 1. The van der Waals surface area contributed by atoms with Gasteiger partial charge in [0.15, 0.2) is 0 Å². The van der Waals surface area contributed by atoms with Crippen molar-refractivity contribution >= 4 is 18.0 Å². The van der Waals surface area contributed by atoms with Crippen LogP contribution in [-0.2, 0) is 6.42 Å². The molecule has 0 saturated carbocycles. The SMILES string of the molecule is CCOc1ccc(/C=C/c2nc(C#N)c(NCCc3ccccc3)o2)cc1. The van der Waals surface area contributed by atoms with Gasteiger partial charge in [0.2, 0.25) is 17.5 Å². The number of benzene rings is 2. The van der Waals surface area contributed by atoms with Crippen molar-refractivity contribution in [1.29, 1.82) is 5.26 Å². The van der Waals surface area contributed by atoms with Crippen LogP contribution < -0.4 is 10.1 Å². The fourth-order valence-electron chi connectivity index (χ4n) is 2.58. The molecule has 1 aromatic heterocycles. The first-order valence-corrected chi connectivity index (χ1v) is 8.88. The van der Waals surface area contributed by atoms with E-state index in [1.165, 1.54) is 5.56 Å². The van der Waals surface area contributed by atoms with Crippen molar-refractivity contribution in [2.45, 2.75) is 13.3 Å². The molecule has 0 atom stereocenters. The van der Waals surface area contributed by atoms with E-state index in [0.717, 1.165) is 17.7 Å². The summed E-state index contributed by atoms with van der Waals surface area (Å²) in [6.07, 6.45) is 4.47. The van der Waals surface area contributed by atoms with Crippen molar-refractivity contribution in [2.75, 3.05) is 18.5 Å². The molecular formula is C22H21N3O2. The number of nitriles is 1. The maximum Gasteiger partial charge on any atom is 0.232 e. The third kappa shape index (κ3) is 5.23. The van der Waals surface area contributed by atoms with Crippen molar-refractivity contribution in [2.24, 2.45) is 0 Å². The van der Waals surface area contributed by atoms with Crippen LogP contribution in [0.3, 0.4) is 0 Å². The number of nitrogens with one attached hydrogen (secondary N) is 1. The van der Waals surface area contributed by atoms with E-state index in [2.05, 4.69) is 28.5 Å². The summed E-state index contributed by atoms with van der Waals surface area (Å²) < 4.78 is 11.1. The second kappa shape index (κ2) is 9.25. The van der Waals surface area contributed by atoms with E-state index in [-0.39, 0.29) is 5.69 Å². The van der Waals surface area contributed by atoms with E-state index in [9.17, 15) is 5.26 Å². The highest BCUT2D eigenvalue weighted by atomic mass is 16.5. The van der Waals surface area contributed by atoms with E-state index in [1.54, 1.807) is 6.08 Å². The van der Waals surface area contributed by atoms with Crippen molar-refractivity contribution < 1.29 is 9.15 Å². The minimum absolute atomic E-state index is 0.259. The number of ether oxygens (including phenoxy) is 1. The molecule has 0 aliphatic carbocycles. The van der Waals surface area contributed by atoms with E-state index in [0.29, 0.717) is 24.9 Å². The predicted octanol–water partition coefficient (Wildman–Crippen LogP) is 4.77. The van der Waals surface area contributed by atoms with Crippen LogP contribution in [0.15, 0.2) is 59.0 Å². The lowest BCUT2D eigenvalue weighted by Crippen LogP contribution is -2.05. The molecule has 1 heterocycles. The lowest BCUT2D eigenvalue weighted by Gasteiger charge is -2.03. The van der Waals surface area contributed by atoms with Gasteiger partial charge in [-0.1, -0.05) is 42.5 Å². The monoisotopic (exact) mass is 359 g/mol. The zero-order valence-corrected chi connectivity index (χ0v) is 15.2. The van der Waals surface area contributed by atoms with Crippen LogP contribution in [0.4, 0.5) is 5.88 Å². The minimum Gasteiger partial charge on any atom is -0.494 e. The van der Waals surface area contributed by atoms with Crippen LogP contribution in [0.25, 0.3) is 12.2 Å². The summed E-state index contributed by atoms with van der Waals surface area (Å²) >= 11 is 0. The number of hydrogen-bond donors (Lipinski definition) is 1. The predicted molar refractivity (Wildman–Crippen MR) is 106 cm³/mol. The van der Waals surface area contributed by atoms with Gasteiger partial charge in [-0.05, 0) is 42.7 Å². The molecular weight excluding hydrogens is 338 g/mol. The van der Waals surface area contributed by atoms with E-state index in [1.807, 2.05) is 55.5 Å². The average molecular weight is 359 g/mol. The highest BCUT2D eigenvalue weighted by molar-refractivity contribution is 5.67. The lowest BCUT2D eigenvalue weighted by atomic mass is 10.1. The number of aromatic nitrogens is 1. The summed E-state index contributed by atoms with van der Waals surface area (Å²) in [6, 6.07) is 19.9. The fraction of sp³-hybridized carbons (Fsp3) is 0.182. The molecule has 0 bridgehead atoms. The molecule has 0 spiro atoms. The number of nitrogens with zero attached hydrogens (tertiary/aromatic N) is 2. The Bertz CT molecular complexity index is 922. The van der Waals surface area contributed by atoms with Crippen LogP contribution in [0.5, 0.6) is 5.75 Å². The summed E-state index contributed by atoms with van der Waals surface area (Å²) in [5, 5.41) is 12.4. The first-order valence-electron chi connectivity index (χ1n) is 8.88. The summed E-state index contributed by atoms with van der Waals surface area (Å²) in [7, 11) is 0. The van der Waals surface area contributed by atoms with Gasteiger partial charge in [-0.15, -0.1) is 0 Å². The molecule has 3 aromatic rings. The van der Waals surface area contributed by atoms with Crippen LogP contribution >= 0.6 is 0 Å². The van der Waals surface area contributed by atoms with Crippen LogP contribution in [0.2, 0.25) is 0 Å². The Morgan fingerprint density at radius 2 is 1.89 bits per heavy atom. The van der Waals surface area contributed by atoms with Gasteiger partial charge in [0, 0.05) is 12.6 Å². The molecule has 27 heavy (non-hydrogen) atoms. The average Bonchev–Trinajstić information content (AvgIpc) is 3.11. The molecule has 0 unspecified atom stereocenters. The highest BCUT2D eigenvalue weighted by Gasteiger charge is 2.10.